The van der Waals surface area contributed by atoms with Crippen molar-refractivity contribution >= 4 is 0 Å². The zero-order chi connectivity index (χ0) is 28.7. The molecule has 3 rings (SSSR count). The van der Waals surface area contributed by atoms with E-state index < -0.39 is 85.6 Å². The average molecular weight is 568 g/mol. The number of hydrogen-bond acceptors (Lipinski definition) is 15. The van der Waals surface area contributed by atoms with Crippen LogP contribution in [0.5, 0.6) is 0 Å². The van der Waals surface area contributed by atoms with Gasteiger partial charge in [-0.1, -0.05) is 0 Å². The molecule has 0 aromatic carbocycles. The van der Waals surface area contributed by atoms with Crippen LogP contribution in [-0.4, -0.2) is 154 Å². The predicted molar refractivity (Wildman–Crippen MR) is 138 cm³/mol. The van der Waals surface area contributed by atoms with E-state index in [0.29, 0.717) is 32.4 Å². The zero-order valence-electron chi connectivity index (χ0n) is 22.2. The van der Waals surface area contributed by atoms with Gasteiger partial charge >= 0.3 is 0 Å². The van der Waals surface area contributed by atoms with Gasteiger partial charge in [0.1, 0.15) is 24.4 Å². The van der Waals surface area contributed by atoms with Crippen LogP contribution in [0.1, 0.15) is 25.7 Å². The molecule has 2 heterocycles. The first kappa shape index (κ1) is 32.9. The van der Waals surface area contributed by atoms with Crippen LogP contribution in [0.2, 0.25) is 0 Å². The van der Waals surface area contributed by atoms with Crippen molar-refractivity contribution in [1.29, 1.82) is 0 Å². The SMILES string of the molecule is NC1CCC(CNCCCO)OC1C1C(N)CC(NC(CO)CO)C(OC2OC(CO)C(O)C(N)C2O)C1O. The van der Waals surface area contributed by atoms with Gasteiger partial charge in [0.2, 0.25) is 0 Å². The van der Waals surface area contributed by atoms with Gasteiger partial charge in [0.15, 0.2) is 6.29 Å². The van der Waals surface area contributed by atoms with Crippen molar-refractivity contribution in [2.75, 3.05) is 39.5 Å². The molecule has 15 N–H and O–H groups in total. The molecule has 15 heteroatoms. The van der Waals surface area contributed by atoms with Gasteiger partial charge in [0, 0.05) is 37.2 Å². The van der Waals surface area contributed by atoms with Gasteiger partial charge in [-0.05, 0) is 32.2 Å². The third-order valence-electron chi connectivity index (χ3n) is 8.12. The van der Waals surface area contributed by atoms with Gasteiger partial charge in [0.05, 0.1) is 50.2 Å². The van der Waals surface area contributed by atoms with E-state index in [0.717, 1.165) is 0 Å². The first-order chi connectivity index (χ1) is 18.7. The zero-order valence-corrected chi connectivity index (χ0v) is 22.2. The Balaban J connectivity index is 1.81. The Morgan fingerprint density at radius 1 is 0.897 bits per heavy atom. The molecule has 39 heavy (non-hydrogen) atoms. The molecule has 0 aromatic rings. The van der Waals surface area contributed by atoms with Gasteiger partial charge < -0.3 is 77.8 Å². The third-order valence-corrected chi connectivity index (χ3v) is 8.12. The summed E-state index contributed by atoms with van der Waals surface area (Å²) >= 11 is 0. The van der Waals surface area contributed by atoms with Crippen molar-refractivity contribution in [1.82, 2.24) is 10.6 Å². The van der Waals surface area contributed by atoms with Crippen molar-refractivity contribution in [3.63, 3.8) is 0 Å². The summed E-state index contributed by atoms with van der Waals surface area (Å²) in [6.07, 6.45) is -6.23. The molecule has 13 atom stereocenters. The molecule has 0 radical (unpaired) electrons. The molecule has 0 bridgehead atoms. The molecule has 13 unspecified atom stereocenters. The number of nitrogens with one attached hydrogen (secondary N) is 2. The summed E-state index contributed by atoms with van der Waals surface area (Å²) in [5, 5.41) is 76.8. The van der Waals surface area contributed by atoms with Gasteiger partial charge in [0.25, 0.3) is 0 Å². The van der Waals surface area contributed by atoms with E-state index in [1.54, 1.807) is 0 Å². The molecule has 230 valence electrons. The molecular weight excluding hydrogens is 518 g/mol. The van der Waals surface area contributed by atoms with Crippen LogP contribution >= 0.6 is 0 Å². The number of aliphatic hydroxyl groups is 7. The molecule has 2 aliphatic heterocycles. The van der Waals surface area contributed by atoms with Gasteiger partial charge in [-0.3, -0.25) is 0 Å². The molecule has 1 aliphatic carbocycles. The smallest absolute Gasteiger partial charge is 0.186 e. The lowest BCUT2D eigenvalue weighted by Crippen LogP contribution is -2.69. The highest BCUT2D eigenvalue weighted by atomic mass is 16.7. The Labute approximate surface area is 228 Å². The highest BCUT2D eigenvalue weighted by molar-refractivity contribution is 5.05. The largest absolute Gasteiger partial charge is 0.396 e. The molecule has 3 fully saturated rings. The summed E-state index contributed by atoms with van der Waals surface area (Å²) in [6.45, 7) is -0.0788. The summed E-state index contributed by atoms with van der Waals surface area (Å²) in [4.78, 5) is 0. The van der Waals surface area contributed by atoms with Crippen LogP contribution in [0.25, 0.3) is 0 Å². The van der Waals surface area contributed by atoms with E-state index in [2.05, 4.69) is 10.6 Å². The van der Waals surface area contributed by atoms with E-state index in [9.17, 15) is 30.6 Å². The van der Waals surface area contributed by atoms with E-state index in [-0.39, 0.29) is 32.3 Å². The predicted octanol–water partition coefficient (Wildman–Crippen LogP) is -6.00. The standard InChI is InChI=1S/C24H49N5O10/c25-13-3-2-12(7-28-4-1-5-30)37-22(13)17-14(26)6-15(29-11(8-31)9-32)23(20(17)35)39-24-21(36)18(27)19(34)16(10-33)38-24/h11-24,28-36H,1-10,25-27H2. The maximum Gasteiger partial charge on any atom is 0.186 e. The normalized spacial score (nSPS) is 43.6. The second kappa shape index (κ2) is 15.6. The minimum Gasteiger partial charge on any atom is -0.396 e. The fraction of sp³-hybridized carbons (Fsp3) is 1.00. The van der Waals surface area contributed by atoms with Crippen molar-refractivity contribution in [2.24, 2.45) is 23.1 Å². The Kier molecular flexibility index (Phi) is 13.1. The van der Waals surface area contributed by atoms with Gasteiger partial charge in [-0.2, -0.15) is 0 Å². The van der Waals surface area contributed by atoms with Crippen LogP contribution in [0, 0.1) is 5.92 Å². The summed E-state index contributed by atoms with van der Waals surface area (Å²) < 4.78 is 18.0. The lowest BCUT2D eigenvalue weighted by atomic mass is 9.72. The first-order valence-electron chi connectivity index (χ1n) is 13.8. The Hall–Kier alpha value is -0.600. The van der Waals surface area contributed by atoms with Crippen LogP contribution in [0.15, 0.2) is 0 Å². The molecule has 3 aliphatic rings. The molecule has 2 saturated heterocycles. The fourth-order valence-electron chi connectivity index (χ4n) is 5.85. The van der Waals surface area contributed by atoms with Crippen molar-refractivity contribution in [2.45, 2.75) is 105 Å². The van der Waals surface area contributed by atoms with Crippen molar-refractivity contribution in [3.8, 4) is 0 Å². The molecular formula is C24H49N5O10. The van der Waals surface area contributed by atoms with Crippen molar-refractivity contribution < 1.29 is 50.0 Å². The summed E-state index contributed by atoms with van der Waals surface area (Å²) in [5.74, 6) is -0.668. The maximum atomic E-state index is 11.7. The third kappa shape index (κ3) is 8.03. The Bertz CT molecular complexity index is 710. The van der Waals surface area contributed by atoms with E-state index >= 15 is 0 Å². The summed E-state index contributed by atoms with van der Waals surface area (Å²) in [5.41, 5.74) is 19.0. The van der Waals surface area contributed by atoms with E-state index in [1.165, 1.54) is 0 Å². The number of hydrogen-bond donors (Lipinski definition) is 12. The minimum atomic E-state index is -1.47. The summed E-state index contributed by atoms with van der Waals surface area (Å²) in [7, 11) is 0. The quantitative estimate of drug-likeness (QED) is 0.0923. The van der Waals surface area contributed by atoms with Crippen LogP contribution in [0.4, 0.5) is 0 Å². The summed E-state index contributed by atoms with van der Waals surface area (Å²) in [6, 6.07) is -3.60. The Morgan fingerprint density at radius 2 is 1.62 bits per heavy atom. The number of nitrogens with two attached hydrogens (primary N) is 3. The van der Waals surface area contributed by atoms with Crippen LogP contribution in [-0.2, 0) is 14.2 Å². The molecule has 0 amide bonds. The highest BCUT2D eigenvalue weighted by Crippen LogP contribution is 2.36. The average Bonchev–Trinajstić information content (AvgIpc) is 2.92. The second-order valence-electron chi connectivity index (χ2n) is 10.9. The number of ether oxygens (including phenoxy) is 3. The van der Waals surface area contributed by atoms with Crippen LogP contribution < -0.4 is 27.8 Å². The molecule has 15 nitrogen and oxygen atoms in total. The van der Waals surface area contributed by atoms with Gasteiger partial charge in [-0.15, -0.1) is 0 Å². The van der Waals surface area contributed by atoms with Gasteiger partial charge in [-0.25, -0.2) is 0 Å². The number of aliphatic hydroxyl groups excluding tert-OH is 7. The minimum absolute atomic E-state index is 0.0848. The fourth-order valence-corrected chi connectivity index (χ4v) is 5.85. The second-order valence-corrected chi connectivity index (χ2v) is 10.9. The molecule has 1 saturated carbocycles. The maximum absolute atomic E-state index is 11.7. The topological polar surface area (TPSA) is 271 Å². The highest BCUT2D eigenvalue weighted by Gasteiger charge is 2.52. The lowest BCUT2D eigenvalue weighted by Gasteiger charge is -2.51. The molecule has 0 aromatic heterocycles. The van der Waals surface area contributed by atoms with Crippen LogP contribution in [0.3, 0.4) is 0 Å². The monoisotopic (exact) mass is 567 g/mol. The van der Waals surface area contributed by atoms with Crippen molar-refractivity contribution in [3.05, 3.63) is 0 Å². The molecule has 0 spiro atoms. The lowest BCUT2D eigenvalue weighted by molar-refractivity contribution is -0.306. The van der Waals surface area contributed by atoms with E-state index in [1.807, 2.05) is 0 Å². The van der Waals surface area contributed by atoms with E-state index in [4.69, 9.17) is 36.5 Å². The Morgan fingerprint density at radius 3 is 2.26 bits per heavy atom. The number of rotatable bonds is 13. The first-order valence-corrected chi connectivity index (χ1v) is 13.8.